The van der Waals surface area contributed by atoms with E-state index in [1.165, 1.54) is 24.3 Å². The molecule has 1 fully saturated rings. The zero-order valence-electron chi connectivity index (χ0n) is 15.5. The highest BCUT2D eigenvalue weighted by molar-refractivity contribution is 7.89. The summed E-state index contributed by atoms with van der Waals surface area (Å²) >= 11 is 5.92. The van der Waals surface area contributed by atoms with Gasteiger partial charge in [-0.05, 0) is 55.2 Å². The molecule has 3 atom stereocenters. The standard InChI is InChI=1S/C19H22ClFN4O3S/c20-14-3-8-18(17(21)10-14)25-29(27,28)16-6-4-15(5-7-16)24-19(26)23-12-13-2-1-9-22-11-13/h1-2,4-7,9,11,14,17-18,25H,3,8,10,12H2,(H2,23,24,26). The van der Waals surface area contributed by atoms with Crippen molar-refractivity contribution in [2.45, 2.75) is 48.3 Å². The van der Waals surface area contributed by atoms with Crippen LogP contribution in [0.25, 0.3) is 0 Å². The van der Waals surface area contributed by atoms with Gasteiger partial charge in [0.1, 0.15) is 6.17 Å². The number of urea groups is 1. The Labute approximate surface area is 174 Å². The lowest BCUT2D eigenvalue weighted by Gasteiger charge is -2.29. The van der Waals surface area contributed by atoms with Crippen LogP contribution in [0.2, 0.25) is 0 Å². The number of benzene rings is 1. The molecule has 1 aromatic carbocycles. The summed E-state index contributed by atoms with van der Waals surface area (Å²) in [5, 5.41) is 5.04. The van der Waals surface area contributed by atoms with Gasteiger partial charge in [-0.25, -0.2) is 22.3 Å². The number of nitrogens with one attached hydrogen (secondary N) is 3. The van der Waals surface area contributed by atoms with Crippen LogP contribution in [-0.2, 0) is 16.6 Å². The number of alkyl halides is 2. The van der Waals surface area contributed by atoms with E-state index < -0.39 is 28.3 Å². The van der Waals surface area contributed by atoms with Gasteiger partial charge in [-0.1, -0.05) is 6.07 Å². The van der Waals surface area contributed by atoms with Gasteiger partial charge < -0.3 is 10.6 Å². The fraction of sp³-hybridized carbons (Fsp3) is 0.368. The highest BCUT2D eigenvalue weighted by Crippen LogP contribution is 2.27. The van der Waals surface area contributed by atoms with Crippen LogP contribution >= 0.6 is 11.6 Å². The van der Waals surface area contributed by atoms with Crippen molar-refractivity contribution in [3.8, 4) is 0 Å². The molecule has 1 aliphatic rings. The minimum Gasteiger partial charge on any atom is -0.334 e. The molecule has 0 spiro atoms. The molecule has 0 radical (unpaired) electrons. The number of rotatable bonds is 6. The highest BCUT2D eigenvalue weighted by Gasteiger charge is 2.32. The lowest BCUT2D eigenvalue weighted by atomic mass is 9.94. The molecule has 3 rings (SSSR count). The van der Waals surface area contributed by atoms with Crippen molar-refractivity contribution in [2.24, 2.45) is 0 Å². The lowest BCUT2D eigenvalue weighted by molar-refractivity contribution is 0.209. The number of nitrogens with zero attached hydrogens (tertiary/aromatic N) is 1. The van der Waals surface area contributed by atoms with Gasteiger partial charge in [0, 0.05) is 30.0 Å². The van der Waals surface area contributed by atoms with E-state index in [0.29, 0.717) is 25.1 Å². The Balaban J connectivity index is 1.55. The first-order chi connectivity index (χ1) is 13.8. The summed E-state index contributed by atoms with van der Waals surface area (Å²) in [6.45, 7) is 0.311. The molecule has 156 valence electrons. The first-order valence-electron chi connectivity index (χ1n) is 9.18. The Hall–Kier alpha value is -2.23. The van der Waals surface area contributed by atoms with E-state index in [1.807, 2.05) is 6.07 Å². The summed E-state index contributed by atoms with van der Waals surface area (Å²) in [6, 6.07) is 8.06. The molecular weight excluding hydrogens is 419 g/mol. The molecule has 3 N–H and O–H groups in total. The van der Waals surface area contributed by atoms with E-state index in [4.69, 9.17) is 11.6 Å². The van der Waals surface area contributed by atoms with Crippen LogP contribution in [0, 0.1) is 0 Å². The van der Waals surface area contributed by atoms with Gasteiger partial charge in [0.2, 0.25) is 10.0 Å². The lowest BCUT2D eigenvalue weighted by Crippen LogP contribution is -2.45. The average molecular weight is 441 g/mol. The number of sulfonamides is 1. The van der Waals surface area contributed by atoms with Crippen LogP contribution < -0.4 is 15.4 Å². The Morgan fingerprint density at radius 3 is 2.62 bits per heavy atom. The van der Waals surface area contributed by atoms with Crippen LogP contribution in [-0.4, -0.2) is 37.0 Å². The Bertz CT molecular complexity index is 928. The highest BCUT2D eigenvalue weighted by atomic mass is 35.5. The third-order valence-electron chi connectivity index (χ3n) is 4.61. The minimum atomic E-state index is -3.87. The van der Waals surface area contributed by atoms with Gasteiger partial charge in [0.05, 0.1) is 10.9 Å². The van der Waals surface area contributed by atoms with Crippen molar-refractivity contribution in [1.29, 1.82) is 0 Å². The number of halogens is 2. The Morgan fingerprint density at radius 1 is 1.21 bits per heavy atom. The first-order valence-corrected chi connectivity index (χ1v) is 11.1. The summed E-state index contributed by atoms with van der Waals surface area (Å²) in [6.07, 6.45) is 3.02. The van der Waals surface area contributed by atoms with Gasteiger partial charge in [-0.3, -0.25) is 4.98 Å². The predicted octanol–water partition coefficient (Wildman–Crippen LogP) is 3.18. The minimum absolute atomic E-state index is 0.000912. The molecule has 0 saturated heterocycles. The average Bonchev–Trinajstić information content (AvgIpc) is 2.70. The van der Waals surface area contributed by atoms with Crippen molar-refractivity contribution in [2.75, 3.05) is 5.32 Å². The predicted molar refractivity (Wildman–Crippen MR) is 109 cm³/mol. The topological polar surface area (TPSA) is 100 Å². The maximum absolute atomic E-state index is 14.1. The molecule has 29 heavy (non-hydrogen) atoms. The summed E-state index contributed by atoms with van der Waals surface area (Å²) in [5.74, 6) is 0. The molecule has 0 bridgehead atoms. The van der Waals surface area contributed by atoms with E-state index >= 15 is 0 Å². The molecule has 1 aliphatic carbocycles. The van der Waals surface area contributed by atoms with Crippen LogP contribution in [0.5, 0.6) is 0 Å². The van der Waals surface area contributed by atoms with Crippen LogP contribution in [0.15, 0.2) is 53.7 Å². The van der Waals surface area contributed by atoms with E-state index in [9.17, 15) is 17.6 Å². The number of hydrogen-bond donors (Lipinski definition) is 3. The second kappa shape index (κ2) is 9.51. The van der Waals surface area contributed by atoms with E-state index in [1.54, 1.807) is 18.5 Å². The van der Waals surface area contributed by atoms with Gasteiger partial charge in [0.15, 0.2) is 0 Å². The monoisotopic (exact) mass is 440 g/mol. The molecule has 10 heteroatoms. The van der Waals surface area contributed by atoms with Crippen molar-refractivity contribution in [3.63, 3.8) is 0 Å². The SMILES string of the molecule is O=C(NCc1cccnc1)Nc1ccc(S(=O)(=O)NC2CCC(Cl)CC2F)cc1. The van der Waals surface area contributed by atoms with Gasteiger partial charge >= 0.3 is 6.03 Å². The number of aromatic nitrogens is 1. The number of hydrogen-bond acceptors (Lipinski definition) is 4. The quantitative estimate of drug-likeness (QED) is 0.600. The fourth-order valence-electron chi connectivity index (χ4n) is 3.05. The molecule has 2 amide bonds. The molecule has 1 heterocycles. The normalized spacial score (nSPS) is 22.1. The smallest absolute Gasteiger partial charge is 0.319 e. The molecule has 7 nitrogen and oxygen atoms in total. The Kier molecular flexibility index (Phi) is 7.05. The van der Waals surface area contributed by atoms with Crippen molar-refractivity contribution in [1.82, 2.24) is 15.0 Å². The Morgan fingerprint density at radius 2 is 1.97 bits per heavy atom. The second-order valence-electron chi connectivity index (χ2n) is 6.85. The number of amides is 2. The number of anilines is 1. The largest absolute Gasteiger partial charge is 0.334 e. The zero-order valence-corrected chi connectivity index (χ0v) is 17.1. The van der Waals surface area contributed by atoms with Gasteiger partial charge in [-0.15, -0.1) is 11.6 Å². The van der Waals surface area contributed by atoms with E-state index in [0.717, 1.165) is 5.56 Å². The molecular formula is C19H22ClFN4O3S. The van der Waals surface area contributed by atoms with Crippen molar-refractivity contribution < 1.29 is 17.6 Å². The third kappa shape index (κ3) is 6.12. The summed E-state index contributed by atoms with van der Waals surface area (Å²) in [4.78, 5) is 15.9. The maximum atomic E-state index is 14.1. The van der Waals surface area contributed by atoms with E-state index in [2.05, 4.69) is 20.3 Å². The molecule has 0 aliphatic heterocycles. The number of carbonyl (C=O) groups is 1. The van der Waals surface area contributed by atoms with Gasteiger partial charge in [-0.2, -0.15) is 0 Å². The first kappa shape index (κ1) is 21.5. The summed E-state index contributed by atoms with van der Waals surface area (Å²) in [7, 11) is -3.87. The molecule has 1 aromatic heterocycles. The molecule has 3 unspecified atom stereocenters. The van der Waals surface area contributed by atoms with E-state index in [-0.39, 0.29) is 16.7 Å². The molecule has 1 saturated carbocycles. The maximum Gasteiger partial charge on any atom is 0.319 e. The number of pyridine rings is 1. The van der Waals surface area contributed by atoms with Crippen LogP contribution in [0.1, 0.15) is 24.8 Å². The van der Waals surface area contributed by atoms with Crippen molar-refractivity contribution in [3.05, 3.63) is 54.4 Å². The summed E-state index contributed by atoms with van der Waals surface area (Å²) in [5.41, 5.74) is 1.28. The number of carbonyl (C=O) groups excluding carboxylic acids is 1. The second-order valence-corrected chi connectivity index (χ2v) is 9.18. The third-order valence-corrected chi connectivity index (χ3v) is 6.52. The van der Waals surface area contributed by atoms with Crippen LogP contribution in [0.3, 0.4) is 0 Å². The fourth-order valence-corrected chi connectivity index (χ4v) is 4.64. The van der Waals surface area contributed by atoms with Gasteiger partial charge in [0.25, 0.3) is 0 Å². The van der Waals surface area contributed by atoms with Crippen LogP contribution in [0.4, 0.5) is 14.9 Å². The zero-order chi connectivity index (χ0) is 20.9. The van der Waals surface area contributed by atoms with Crippen molar-refractivity contribution >= 4 is 33.3 Å². The molecule has 2 aromatic rings. The summed E-state index contributed by atoms with van der Waals surface area (Å²) < 4.78 is 41.5.